The molecule has 9 heteroatoms. The molecule has 2 N–H and O–H groups in total. The van der Waals surface area contributed by atoms with Gasteiger partial charge in [-0.3, -0.25) is 4.68 Å². The zero-order valence-corrected chi connectivity index (χ0v) is 15.1. The summed E-state index contributed by atoms with van der Waals surface area (Å²) in [6, 6.07) is 6.70. The van der Waals surface area contributed by atoms with Gasteiger partial charge in [0.15, 0.2) is 9.84 Å². The number of aromatic nitrogens is 5. The Morgan fingerprint density at radius 3 is 2.52 bits per heavy atom. The van der Waals surface area contributed by atoms with Crippen LogP contribution in [0.5, 0.6) is 0 Å². The van der Waals surface area contributed by atoms with Crippen molar-refractivity contribution in [3.63, 3.8) is 0 Å². The van der Waals surface area contributed by atoms with Gasteiger partial charge in [0.2, 0.25) is 0 Å². The van der Waals surface area contributed by atoms with Crippen LogP contribution < -0.4 is 5.73 Å². The van der Waals surface area contributed by atoms with Gasteiger partial charge in [0, 0.05) is 25.4 Å². The molecular weight excluding hydrogens is 340 g/mol. The largest absolute Gasteiger partial charge is 0.325 e. The summed E-state index contributed by atoms with van der Waals surface area (Å²) in [7, 11) is -1.37. The van der Waals surface area contributed by atoms with E-state index in [2.05, 4.69) is 15.4 Å². The van der Waals surface area contributed by atoms with E-state index in [-0.39, 0.29) is 6.04 Å². The number of hydrogen-bond donors (Lipinski definition) is 1. The Kier molecular flexibility index (Phi) is 4.44. The maximum Gasteiger partial charge on any atom is 0.175 e. The topological polar surface area (TPSA) is 109 Å². The molecule has 0 aliphatic heterocycles. The van der Waals surface area contributed by atoms with Crippen LogP contribution in [-0.2, 0) is 23.4 Å². The highest BCUT2D eigenvalue weighted by molar-refractivity contribution is 7.90. The fourth-order valence-electron chi connectivity index (χ4n) is 2.65. The molecule has 25 heavy (non-hydrogen) atoms. The first kappa shape index (κ1) is 17.3. The van der Waals surface area contributed by atoms with Gasteiger partial charge in [0.05, 0.1) is 29.0 Å². The summed E-state index contributed by atoms with van der Waals surface area (Å²) < 4.78 is 26.6. The highest BCUT2D eigenvalue weighted by atomic mass is 32.2. The molecule has 0 radical (unpaired) electrons. The van der Waals surface area contributed by atoms with E-state index < -0.39 is 9.84 Å². The Morgan fingerprint density at radius 2 is 1.92 bits per heavy atom. The van der Waals surface area contributed by atoms with E-state index in [1.165, 1.54) is 6.26 Å². The Hall–Kier alpha value is -2.52. The number of hydrogen-bond acceptors (Lipinski definition) is 6. The van der Waals surface area contributed by atoms with E-state index in [4.69, 9.17) is 5.73 Å². The maximum atomic E-state index is 11.6. The molecule has 0 saturated heterocycles. The molecule has 2 heterocycles. The van der Waals surface area contributed by atoms with Crippen molar-refractivity contribution in [3.05, 3.63) is 47.9 Å². The molecule has 2 aromatic heterocycles. The van der Waals surface area contributed by atoms with Gasteiger partial charge in [0.1, 0.15) is 5.69 Å². The van der Waals surface area contributed by atoms with Crippen LogP contribution in [0.4, 0.5) is 0 Å². The second kappa shape index (κ2) is 6.41. The van der Waals surface area contributed by atoms with E-state index in [0.29, 0.717) is 17.1 Å². The smallest absolute Gasteiger partial charge is 0.175 e. The van der Waals surface area contributed by atoms with E-state index in [0.717, 1.165) is 16.8 Å². The third kappa shape index (κ3) is 3.33. The lowest BCUT2D eigenvalue weighted by atomic mass is 10.1. The van der Waals surface area contributed by atoms with Crippen molar-refractivity contribution in [1.82, 2.24) is 24.8 Å². The van der Waals surface area contributed by atoms with Gasteiger partial charge < -0.3 is 5.73 Å². The molecule has 0 aliphatic carbocycles. The minimum Gasteiger partial charge on any atom is -0.325 e. The van der Waals surface area contributed by atoms with E-state index in [1.54, 1.807) is 39.8 Å². The number of rotatable bonds is 5. The average Bonchev–Trinajstić information content (AvgIpc) is 3.19. The molecule has 1 unspecified atom stereocenters. The van der Waals surface area contributed by atoms with Crippen LogP contribution in [0, 0.1) is 0 Å². The Bertz CT molecular complexity index is 988. The summed E-state index contributed by atoms with van der Waals surface area (Å²) in [6.45, 7) is 2.34. The summed E-state index contributed by atoms with van der Waals surface area (Å²) in [4.78, 5) is 0.297. The lowest BCUT2D eigenvalue weighted by Crippen LogP contribution is -2.08. The summed E-state index contributed by atoms with van der Waals surface area (Å²) >= 11 is 0. The lowest BCUT2D eigenvalue weighted by molar-refractivity contribution is 0.542. The molecule has 0 aliphatic rings. The number of nitrogens with two attached hydrogens (primary N) is 1. The van der Waals surface area contributed by atoms with Gasteiger partial charge in [-0.1, -0.05) is 17.3 Å². The normalized spacial score (nSPS) is 13.1. The molecule has 132 valence electrons. The van der Waals surface area contributed by atoms with Crippen molar-refractivity contribution >= 4 is 9.84 Å². The molecule has 1 atom stereocenters. The Labute approximate surface area is 146 Å². The third-order valence-corrected chi connectivity index (χ3v) is 5.36. The molecule has 3 aromatic rings. The molecule has 0 fully saturated rings. The highest BCUT2D eigenvalue weighted by Crippen LogP contribution is 2.24. The van der Waals surface area contributed by atoms with Gasteiger partial charge in [-0.15, -0.1) is 5.10 Å². The van der Waals surface area contributed by atoms with Crippen LogP contribution in [-0.4, -0.2) is 39.4 Å². The van der Waals surface area contributed by atoms with E-state index in [9.17, 15) is 8.42 Å². The van der Waals surface area contributed by atoms with Gasteiger partial charge >= 0.3 is 0 Å². The van der Waals surface area contributed by atoms with Crippen LogP contribution >= 0.6 is 0 Å². The predicted molar refractivity (Wildman–Crippen MR) is 93.5 cm³/mol. The molecule has 3 rings (SSSR count). The second-order valence-corrected chi connectivity index (χ2v) is 7.95. The van der Waals surface area contributed by atoms with Crippen molar-refractivity contribution in [2.75, 3.05) is 6.26 Å². The van der Waals surface area contributed by atoms with E-state index in [1.807, 2.05) is 20.2 Å². The molecule has 0 saturated carbocycles. The summed E-state index contributed by atoms with van der Waals surface area (Å²) in [5.74, 6) is 0. The first-order valence-electron chi connectivity index (χ1n) is 7.74. The van der Waals surface area contributed by atoms with Gasteiger partial charge in [-0.2, -0.15) is 5.10 Å². The molecule has 1 aromatic carbocycles. The summed E-state index contributed by atoms with van der Waals surface area (Å²) in [5, 5.41) is 12.6. The van der Waals surface area contributed by atoms with Crippen molar-refractivity contribution in [2.45, 2.75) is 24.4 Å². The minimum atomic E-state index is -3.20. The fraction of sp³-hybridized carbons (Fsp3) is 0.312. The van der Waals surface area contributed by atoms with Crippen molar-refractivity contribution in [3.8, 4) is 11.3 Å². The van der Waals surface area contributed by atoms with Crippen LogP contribution in [0.1, 0.15) is 24.2 Å². The second-order valence-electron chi connectivity index (χ2n) is 5.93. The van der Waals surface area contributed by atoms with Gasteiger partial charge in [-0.05, 0) is 24.6 Å². The number of sulfone groups is 1. The predicted octanol–water partition coefficient (Wildman–Crippen LogP) is 1.15. The van der Waals surface area contributed by atoms with Crippen molar-refractivity contribution < 1.29 is 8.42 Å². The first-order chi connectivity index (χ1) is 11.8. The van der Waals surface area contributed by atoms with Crippen molar-refractivity contribution in [2.24, 2.45) is 12.8 Å². The monoisotopic (exact) mass is 360 g/mol. The Morgan fingerprint density at radius 1 is 1.24 bits per heavy atom. The molecule has 0 bridgehead atoms. The summed E-state index contributed by atoms with van der Waals surface area (Å²) in [6.07, 6.45) is 4.76. The fourth-order valence-corrected chi connectivity index (χ4v) is 3.29. The number of nitrogens with zero attached hydrogens (tertiary/aromatic N) is 5. The van der Waals surface area contributed by atoms with Crippen LogP contribution in [0.3, 0.4) is 0 Å². The number of aryl methyl sites for hydroxylation is 1. The number of benzene rings is 1. The average molecular weight is 360 g/mol. The lowest BCUT2D eigenvalue weighted by Gasteiger charge is -2.12. The van der Waals surface area contributed by atoms with Gasteiger partial charge in [0.25, 0.3) is 0 Å². The first-order valence-corrected chi connectivity index (χ1v) is 9.63. The summed E-state index contributed by atoms with van der Waals surface area (Å²) in [5.41, 5.74) is 9.16. The van der Waals surface area contributed by atoms with Crippen LogP contribution in [0.15, 0.2) is 41.6 Å². The Balaban J connectivity index is 1.89. The molecule has 0 amide bonds. The highest BCUT2D eigenvalue weighted by Gasteiger charge is 2.16. The van der Waals surface area contributed by atoms with Crippen molar-refractivity contribution in [1.29, 1.82) is 0 Å². The van der Waals surface area contributed by atoms with Crippen LogP contribution in [0.25, 0.3) is 11.3 Å². The van der Waals surface area contributed by atoms with Crippen LogP contribution in [0.2, 0.25) is 0 Å². The SMILES string of the molecule is CC(c1ccc(S(C)(=O)=O)cc1)n1cc(-c2cnn(C)c2CN)nn1. The molecule has 8 nitrogen and oxygen atoms in total. The standard InChI is InChI=1S/C16H20N6O2S/c1-11(12-4-6-13(7-5-12)25(3,23)24)22-10-15(19-20-22)14-9-18-21(2)16(14)8-17/h4-7,9-11H,8,17H2,1-3H3. The third-order valence-electron chi connectivity index (χ3n) is 4.23. The molecular formula is C16H20N6O2S. The zero-order chi connectivity index (χ0) is 18.2. The minimum absolute atomic E-state index is 0.0899. The maximum absolute atomic E-state index is 11.6. The molecule has 0 spiro atoms. The van der Waals surface area contributed by atoms with E-state index >= 15 is 0 Å². The van der Waals surface area contributed by atoms with Gasteiger partial charge in [-0.25, -0.2) is 13.1 Å². The zero-order valence-electron chi connectivity index (χ0n) is 14.3. The quantitative estimate of drug-likeness (QED) is 0.731.